The van der Waals surface area contributed by atoms with Gasteiger partial charge in [-0.1, -0.05) is 6.92 Å². The molecule has 0 bridgehead atoms. The van der Waals surface area contributed by atoms with E-state index in [1.165, 1.54) is 0 Å². The van der Waals surface area contributed by atoms with Crippen molar-refractivity contribution in [3.63, 3.8) is 0 Å². The summed E-state index contributed by atoms with van der Waals surface area (Å²) in [6.45, 7) is 2.39. The first-order valence-electron chi connectivity index (χ1n) is 6.33. The van der Waals surface area contributed by atoms with Crippen LogP contribution in [-0.4, -0.2) is 32.4 Å². The van der Waals surface area contributed by atoms with E-state index in [0.29, 0.717) is 18.6 Å². The zero-order valence-electron chi connectivity index (χ0n) is 11.4. The van der Waals surface area contributed by atoms with Gasteiger partial charge in [-0.05, 0) is 30.5 Å². The van der Waals surface area contributed by atoms with Crippen molar-refractivity contribution in [1.29, 1.82) is 5.26 Å². The Kier molecular flexibility index (Phi) is 4.02. The normalized spacial score (nSPS) is 23.2. The van der Waals surface area contributed by atoms with E-state index in [0.717, 1.165) is 4.31 Å². The summed E-state index contributed by atoms with van der Waals surface area (Å²) in [5, 5.41) is 8.64. The van der Waals surface area contributed by atoms with Crippen molar-refractivity contribution in [1.82, 2.24) is 4.31 Å². The van der Waals surface area contributed by atoms with Crippen LogP contribution in [0.5, 0.6) is 0 Å². The molecule has 1 saturated heterocycles. The third-order valence-electron chi connectivity index (χ3n) is 3.74. The Bertz CT molecular complexity index is 692. The summed E-state index contributed by atoms with van der Waals surface area (Å²) in [5.74, 6) is -2.51. The second-order valence-corrected chi connectivity index (χ2v) is 7.36. The summed E-state index contributed by atoms with van der Waals surface area (Å²) >= 11 is 0. The van der Waals surface area contributed by atoms with Crippen molar-refractivity contribution < 1.29 is 17.2 Å². The Balaban J connectivity index is 2.45. The molecular formula is C13H15F2N3O2S. The molecule has 0 saturated carbocycles. The first kappa shape index (κ1) is 15.8. The fourth-order valence-corrected chi connectivity index (χ4v) is 4.03. The van der Waals surface area contributed by atoms with Crippen LogP contribution in [0.3, 0.4) is 0 Å². The van der Waals surface area contributed by atoms with Crippen LogP contribution in [0.1, 0.15) is 18.9 Å². The van der Waals surface area contributed by atoms with Crippen LogP contribution >= 0.6 is 0 Å². The van der Waals surface area contributed by atoms with Crippen molar-refractivity contribution >= 4 is 10.0 Å². The van der Waals surface area contributed by atoms with E-state index in [1.54, 1.807) is 6.07 Å². The Morgan fingerprint density at radius 3 is 2.43 bits per heavy atom. The molecule has 0 spiro atoms. The lowest BCUT2D eigenvalue weighted by molar-refractivity contribution is 0.348. The summed E-state index contributed by atoms with van der Waals surface area (Å²) in [5.41, 5.74) is 4.94. The molecule has 21 heavy (non-hydrogen) atoms. The molecule has 1 fully saturated rings. The van der Waals surface area contributed by atoms with Crippen LogP contribution in [0.15, 0.2) is 17.0 Å². The van der Waals surface area contributed by atoms with E-state index in [4.69, 9.17) is 11.0 Å². The highest BCUT2D eigenvalue weighted by Crippen LogP contribution is 2.34. The molecule has 1 unspecified atom stereocenters. The quantitative estimate of drug-likeness (QED) is 0.908. The number of rotatable bonds is 3. The van der Waals surface area contributed by atoms with Crippen LogP contribution in [0.25, 0.3) is 0 Å². The number of hydrogen-bond acceptors (Lipinski definition) is 4. The van der Waals surface area contributed by atoms with Crippen molar-refractivity contribution in [2.75, 3.05) is 19.6 Å². The highest BCUT2D eigenvalue weighted by Gasteiger charge is 2.41. The molecule has 1 aromatic carbocycles. The topological polar surface area (TPSA) is 87.2 Å². The maximum atomic E-state index is 13.9. The van der Waals surface area contributed by atoms with Gasteiger partial charge in [-0.2, -0.15) is 9.57 Å². The summed E-state index contributed by atoms with van der Waals surface area (Å²) < 4.78 is 53.6. The zero-order chi connectivity index (χ0) is 15.8. The fourth-order valence-electron chi connectivity index (χ4n) is 2.35. The van der Waals surface area contributed by atoms with E-state index in [1.807, 2.05) is 6.92 Å². The molecule has 0 radical (unpaired) electrons. The van der Waals surface area contributed by atoms with Gasteiger partial charge in [0.1, 0.15) is 11.6 Å². The molecule has 114 valence electrons. The van der Waals surface area contributed by atoms with Crippen LogP contribution in [-0.2, 0) is 10.0 Å². The summed E-state index contributed by atoms with van der Waals surface area (Å²) in [4.78, 5) is -1.01. The molecule has 0 aromatic heterocycles. The van der Waals surface area contributed by atoms with Gasteiger partial charge in [-0.15, -0.1) is 0 Å². The number of nitrogens with zero attached hydrogens (tertiary/aromatic N) is 2. The lowest BCUT2D eigenvalue weighted by Crippen LogP contribution is -2.35. The minimum absolute atomic E-state index is 0.116. The number of hydrogen-bond donors (Lipinski definition) is 1. The van der Waals surface area contributed by atoms with Gasteiger partial charge in [0.25, 0.3) is 0 Å². The zero-order valence-corrected chi connectivity index (χ0v) is 12.3. The van der Waals surface area contributed by atoms with Gasteiger partial charge < -0.3 is 5.73 Å². The van der Waals surface area contributed by atoms with Gasteiger partial charge in [0, 0.05) is 13.1 Å². The Labute approximate surface area is 122 Å². The SMILES string of the molecule is CC1(CN)CCN(S(=O)(=O)c2c(F)cc(C#N)cc2F)C1. The highest BCUT2D eigenvalue weighted by molar-refractivity contribution is 7.89. The molecular weight excluding hydrogens is 300 g/mol. The molecule has 1 aromatic rings. The van der Waals surface area contributed by atoms with Crippen molar-refractivity contribution in [3.05, 3.63) is 29.3 Å². The molecule has 0 amide bonds. The number of nitrogens with two attached hydrogens (primary N) is 1. The lowest BCUT2D eigenvalue weighted by Gasteiger charge is -2.22. The smallest absolute Gasteiger partial charge is 0.248 e. The molecule has 1 aliphatic rings. The van der Waals surface area contributed by atoms with Crippen LogP contribution in [0, 0.1) is 28.4 Å². The first-order valence-corrected chi connectivity index (χ1v) is 7.77. The van der Waals surface area contributed by atoms with E-state index in [9.17, 15) is 17.2 Å². The molecule has 1 heterocycles. The third kappa shape index (κ3) is 2.77. The minimum Gasteiger partial charge on any atom is -0.330 e. The van der Waals surface area contributed by atoms with E-state index in [-0.39, 0.29) is 25.2 Å². The summed E-state index contributed by atoms with van der Waals surface area (Å²) in [6, 6.07) is 3.01. The Morgan fingerprint density at radius 1 is 1.43 bits per heavy atom. The van der Waals surface area contributed by atoms with Crippen LogP contribution in [0.2, 0.25) is 0 Å². The first-order chi connectivity index (χ1) is 9.73. The van der Waals surface area contributed by atoms with Gasteiger partial charge in [0.05, 0.1) is 11.6 Å². The minimum atomic E-state index is -4.29. The molecule has 5 nitrogen and oxygen atoms in total. The molecule has 1 atom stereocenters. The van der Waals surface area contributed by atoms with E-state index >= 15 is 0 Å². The second-order valence-electron chi connectivity index (χ2n) is 5.48. The van der Waals surface area contributed by atoms with Gasteiger partial charge in [0.2, 0.25) is 10.0 Å². The standard InChI is InChI=1S/C13H15F2N3O2S/c1-13(7-17)2-3-18(8-13)21(19,20)12-10(14)4-9(6-16)5-11(12)15/h4-5H,2-3,7-8,17H2,1H3. The van der Waals surface area contributed by atoms with Crippen LogP contribution in [0.4, 0.5) is 8.78 Å². The molecule has 8 heteroatoms. The number of halogens is 2. The van der Waals surface area contributed by atoms with Crippen molar-refractivity contribution in [2.45, 2.75) is 18.2 Å². The summed E-state index contributed by atoms with van der Waals surface area (Å²) in [6.07, 6.45) is 0.530. The van der Waals surface area contributed by atoms with E-state index < -0.39 is 32.0 Å². The number of sulfonamides is 1. The predicted molar refractivity (Wildman–Crippen MR) is 71.6 cm³/mol. The monoisotopic (exact) mass is 315 g/mol. The van der Waals surface area contributed by atoms with Gasteiger partial charge in [-0.25, -0.2) is 17.2 Å². The largest absolute Gasteiger partial charge is 0.330 e. The van der Waals surface area contributed by atoms with Gasteiger partial charge in [-0.3, -0.25) is 0 Å². The average Bonchev–Trinajstić information content (AvgIpc) is 2.81. The Hall–Kier alpha value is -1.56. The number of benzene rings is 1. The van der Waals surface area contributed by atoms with Crippen molar-refractivity contribution in [3.8, 4) is 6.07 Å². The molecule has 1 aliphatic heterocycles. The average molecular weight is 315 g/mol. The Morgan fingerprint density at radius 2 is 2.00 bits per heavy atom. The maximum absolute atomic E-state index is 13.9. The lowest BCUT2D eigenvalue weighted by atomic mass is 9.90. The maximum Gasteiger partial charge on any atom is 0.248 e. The van der Waals surface area contributed by atoms with Crippen LogP contribution < -0.4 is 5.73 Å². The third-order valence-corrected chi connectivity index (χ3v) is 5.64. The summed E-state index contributed by atoms with van der Waals surface area (Å²) in [7, 11) is -4.29. The second kappa shape index (κ2) is 5.33. The molecule has 2 rings (SSSR count). The predicted octanol–water partition coefficient (Wildman–Crippen LogP) is 1.20. The van der Waals surface area contributed by atoms with E-state index in [2.05, 4.69) is 0 Å². The van der Waals surface area contributed by atoms with Gasteiger partial charge >= 0.3 is 0 Å². The highest BCUT2D eigenvalue weighted by atomic mass is 32.2. The van der Waals surface area contributed by atoms with Gasteiger partial charge in [0.15, 0.2) is 4.90 Å². The molecule has 2 N–H and O–H groups in total. The number of nitriles is 1. The fraction of sp³-hybridized carbons (Fsp3) is 0.462. The van der Waals surface area contributed by atoms with Crippen molar-refractivity contribution in [2.24, 2.45) is 11.1 Å². The molecule has 0 aliphatic carbocycles.